The fourth-order valence-corrected chi connectivity index (χ4v) is 4.20. The normalized spacial score (nSPS) is 35.2. The van der Waals surface area contributed by atoms with Crippen molar-refractivity contribution in [2.45, 2.75) is 24.4 Å². The Morgan fingerprint density at radius 3 is 2.05 bits per heavy atom. The Hall–Kier alpha value is -0.0500. The van der Waals surface area contributed by atoms with Crippen LogP contribution in [0.5, 0.6) is 0 Å². The molecule has 22 heavy (non-hydrogen) atoms. The van der Waals surface area contributed by atoms with E-state index in [1.807, 2.05) is 0 Å². The monoisotopic (exact) mass is 404 g/mol. The molecule has 3 aliphatic rings. The molecular weight excluding hydrogens is 398 g/mol. The Morgan fingerprint density at radius 2 is 1.50 bits per heavy atom. The summed E-state index contributed by atoms with van der Waals surface area (Å²) in [5.74, 6) is 0. The van der Waals surface area contributed by atoms with Gasteiger partial charge >= 0.3 is 0 Å². The van der Waals surface area contributed by atoms with Crippen LogP contribution < -0.4 is 0 Å². The minimum atomic E-state index is -4.45. The number of hydrogen-bond acceptors (Lipinski definition) is 4. The van der Waals surface area contributed by atoms with Gasteiger partial charge in [-0.05, 0) is 6.08 Å². The van der Waals surface area contributed by atoms with Crippen molar-refractivity contribution in [2.24, 2.45) is 0 Å². The van der Waals surface area contributed by atoms with Crippen LogP contribution in [0.3, 0.4) is 0 Å². The van der Waals surface area contributed by atoms with E-state index < -0.39 is 34.5 Å². The maximum atomic E-state index is 11.5. The molecule has 0 amide bonds. The molecule has 1 N–H and O–H groups in total. The Morgan fingerprint density at radius 1 is 0.955 bits per heavy atom. The lowest BCUT2D eigenvalue weighted by atomic mass is 10.0. The van der Waals surface area contributed by atoms with E-state index in [-0.39, 0.29) is 25.0 Å². The molecule has 4 atom stereocenters. The molecule has 0 aromatic carbocycles. The largest absolute Gasteiger partial charge is 0.359 e. The molecule has 0 aromatic rings. The zero-order chi connectivity index (χ0) is 16.2. The molecule has 1 heterocycles. The van der Waals surface area contributed by atoms with E-state index in [0.717, 1.165) is 0 Å². The highest BCUT2D eigenvalue weighted by atomic mass is 35.5. The van der Waals surface area contributed by atoms with Gasteiger partial charge in [0, 0.05) is 0 Å². The predicted molar refractivity (Wildman–Crippen MR) is 83.6 cm³/mol. The first kappa shape index (κ1) is 16.8. The Labute approximate surface area is 146 Å². The average Bonchev–Trinajstić information content (AvgIpc) is 2.47. The molecule has 120 valence electrons. The zero-order valence-corrected chi connectivity index (χ0v) is 14.4. The molecule has 0 aromatic heterocycles. The van der Waals surface area contributed by atoms with E-state index in [9.17, 15) is 13.0 Å². The zero-order valence-electron chi connectivity index (χ0n) is 10.5. The highest BCUT2D eigenvalue weighted by Crippen LogP contribution is 2.45. The van der Waals surface area contributed by atoms with Crippen LogP contribution in [0.4, 0.5) is 0 Å². The highest BCUT2D eigenvalue weighted by molar-refractivity contribution is 7.89. The van der Waals surface area contributed by atoms with E-state index in [4.69, 9.17) is 55.9 Å². The van der Waals surface area contributed by atoms with Crippen molar-refractivity contribution < 1.29 is 22.4 Å². The third-order valence-electron chi connectivity index (χ3n) is 3.42. The average molecular weight is 406 g/mol. The van der Waals surface area contributed by atoms with Crippen molar-refractivity contribution in [1.29, 1.82) is 0 Å². The van der Waals surface area contributed by atoms with Crippen molar-refractivity contribution >= 4 is 56.5 Å². The van der Waals surface area contributed by atoms with E-state index in [0.29, 0.717) is 0 Å². The van der Waals surface area contributed by atoms with Gasteiger partial charge < -0.3 is 9.47 Å². The van der Waals surface area contributed by atoms with Crippen molar-refractivity contribution in [2.75, 3.05) is 0 Å². The Bertz CT molecular complexity index is 751. The van der Waals surface area contributed by atoms with Crippen molar-refractivity contribution in [3.63, 3.8) is 0 Å². The van der Waals surface area contributed by atoms with Crippen molar-refractivity contribution in [3.8, 4) is 0 Å². The van der Waals surface area contributed by atoms with Gasteiger partial charge in [-0.25, -0.2) is 0 Å². The standard InChI is InChI=1S/C12H8Cl4O5S/c13-6-7(14)9(16)12-11(8(6)15)20-4-2-1-3-5(10(4)21-12)22(17,18)19/h1-4,10-12H,(H,17,18,19). The summed E-state index contributed by atoms with van der Waals surface area (Å²) in [5.41, 5.74) is 0. The summed E-state index contributed by atoms with van der Waals surface area (Å²) in [7, 11) is -4.45. The third kappa shape index (κ3) is 2.65. The van der Waals surface area contributed by atoms with E-state index in [1.165, 1.54) is 12.2 Å². The maximum Gasteiger partial charge on any atom is 0.293 e. The molecule has 0 saturated carbocycles. The number of allylic oxidation sites excluding steroid dienone is 4. The van der Waals surface area contributed by atoms with E-state index >= 15 is 0 Å². The van der Waals surface area contributed by atoms with Gasteiger partial charge in [0.15, 0.2) is 0 Å². The predicted octanol–water partition coefficient (Wildman–Crippen LogP) is 3.24. The third-order valence-corrected chi connectivity index (χ3v) is 6.27. The number of ether oxygens (including phenoxy) is 2. The lowest BCUT2D eigenvalue weighted by Crippen LogP contribution is -2.52. The number of fused-ring (bicyclic) bond motifs is 2. The van der Waals surface area contributed by atoms with Crippen molar-refractivity contribution in [1.82, 2.24) is 0 Å². The summed E-state index contributed by atoms with van der Waals surface area (Å²) in [4.78, 5) is -0.323. The van der Waals surface area contributed by atoms with Gasteiger partial charge in [-0.1, -0.05) is 58.6 Å². The smallest absolute Gasteiger partial charge is 0.293 e. The van der Waals surface area contributed by atoms with Gasteiger partial charge in [-0.15, -0.1) is 0 Å². The molecule has 3 rings (SSSR count). The molecule has 10 heteroatoms. The molecule has 1 saturated heterocycles. The van der Waals surface area contributed by atoms with Gasteiger partial charge in [-0.2, -0.15) is 8.42 Å². The minimum absolute atomic E-state index is 0.0142. The molecular formula is C12H8Cl4O5S. The summed E-state index contributed by atoms with van der Waals surface area (Å²) in [6.07, 6.45) is 0.718. The van der Waals surface area contributed by atoms with E-state index in [2.05, 4.69) is 0 Å². The van der Waals surface area contributed by atoms with Crippen LogP contribution in [0.25, 0.3) is 0 Å². The Kier molecular flexibility index (Phi) is 4.42. The van der Waals surface area contributed by atoms with Crippen LogP contribution in [-0.4, -0.2) is 37.4 Å². The van der Waals surface area contributed by atoms with Crippen LogP contribution in [0.2, 0.25) is 0 Å². The Balaban J connectivity index is 2.01. The first-order valence-corrected chi connectivity index (χ1v) is 8.94. The topological polar surface area (TPSA) is 72.8 Å². The van der Waals surface area contributed by atoms with E-state index in [1.54, 1.807) is 6.08 Å². The van der Waals surface area contributed by atoms with Crippen LogP contribution in [-0.2, 0) is 19.6 Å². The lowest BCUT2D eigenvalue weighted by Gasteiger charge is -2.43. The van der Waals surface area contributed by atoms with Gasteiger partial charge in [0.1, 0.15) is 29.3 Å². The van der Waals surface area contributed by atoms with Gasteiger partial charge in [0.25, 0.3) is 10.1 Å². The molecule has 2 aliphatic carbocycles. The SMILES string of the molecule is O=S(=O)(O)C1=CC=CC2OC3C(Cl)=C(Cl)C(Cl)=C(Cl)C3OC12. The summed E-state index contributed by atoms with van der Waals surface area (Å²) >= 11 is 24.2. The first-order valence-electron chi connectivity index (χ1n) is 5.99. The second-order valence-electron chi connectivity index (χ2n) is 4.75. The fourth-order valence-electron chi connectivity index (χ4n) is 2.43. The van der Waals surface area contributed by atoms with Crippen LogP contribution in [0.15, 0.2) is 43.3 Å². The van der Waals surface area contributed by atoms with Crippen LogP contribution in [0, 0.1) is 0 Å². The second kappa shape index (κ2) is 5.79. The van der Waals surface area contributed by atoms with Gasteiger partial charge in [0.05, 0.1) is 20.1 Å². The fraction of sp³-hybridized carbons (Fsp3) is 0.333. The molecule has 0 spiro atoms. The summed E-state index contributed by atoms with van der Waals surface area (Å²) in [6, 6.07) is 0. The van der Waals surface area contributed by atoms with Crippen LogP contribution in [0.1, 0.15) is 0 Å². The summed E-state index contributed by atoms with van der Waals surface area (Å²) in [6.45, 7) is 0. The summed E-state index contributed by atoms with van der Waals surface area (Å²) in [5, 5.41) is 0.252. The number of halogens is 4. The molecule has 0 bridgehead atoms. The number of rotatable bonds is 1. The minimum Gasteiger partial charge on any atom is -0.359 e. The van der Waals surface area contributed by atoms with Crippen LogP contribution >= 0.6 is 46.4 Å². The van der Waals surface area contributed by atoms with Gasteiger partial charge in [-0.3, -0.25) is 4.55 Å². The molecule has 1 fully saturated rings. The van der Waals surface area contributed by atoms with Gasteiger partial charge in [0.2, 0.25) is 0 Å². The lowest BCUT2D eigenvalue weighted by molar-refractivity contribution is -0.165. The molecule has 1 aliphatic heterocycles. The second-order valence-corrected chi connectivity index (χ2v) is 7.74. The molecule has 5 nitrogen and oxygen atoms in total. The molecule has 0 radical (unpaired) electrons. The van der Waals surface area contributed by atoms with Crippen molar-refractivity contribution in [3.05, 3.63) is 43.3 Å². The number of hydrogen-bond donors (Lipinski definition) is 1. The summed E-state index contributed by atoms with van der Waals surface area (Å²) < 4.78 is 43.6. The first-order chi connectivity index (χ1) is 10.2. The molecule has 4 unspecified atom stereocenters. The highest BCUT2D eigenvalue weighted by Gasteiger charge is 2.48. The quantitative estimate of drug-likeness (QED) is 0.678. The maximum absolute atomic E-state index is 11.5.